The van der Waals surface area contributed by atoms with Crippen LogP contribution in [0.5, 0.6) is 0 Å². The van der Waals surface area contributed by atoms with Crippen molar-refractivity contribution in [2.24, 2.45) is 21.4 Å². The van der Waals surface area contributed by atoms with Gasteiger partial charge in [0, 0.05) is 25.3 Å². The quantitative estimate of drug-likeness (QED) is 0.160. The van der Waals surface area contributed by atoms with Crippen molar-refractivity contribution in [3.05, 3.63) is 70.8 Å². The van der Waals surface area contributed by atoms with Crippen molar-refractivity contribution in [3.8, 4) is 0 Å². The van der Waals surface area contributed by atoms with Gasteiger partial charge in [0.25, 0.3) is 0 Å². The molecule has 214 valence electrons. The van der Waals surface area contributed by atoms with E-state index in [4.69, 9.17) is 15.2 Å². The predicted molar refractivity (Wildman–Crippen MR) is 136 cm³/mol. The maximum absolute atomic E-state index is 13.4. The van der Waals surface area contributed by atoms with Crippen LogP contribution in [0.2, 0.25) is 0 Å². The highest BCUT2D eigenvalue weighted by atomic mass is 19.4. The lowest BCUT2D eigenvalue weighted by atomic mass is 9.71. The highest BCUT2D eigenvalue weighted by Crippen LogP contribution is 2.42. The van der Waals surface area contributed by atoms with Crippen molar-refractivity contribution >= 4 is 12.6 Å². The number of nitrogens with zero attached hydrogens (tertiary/aromatic N) is 2. The summed E-state index contributed by atoms with van der Waals surface area (Å²) in [5.74, 6) is 0. The summed E-state index contributed by atoms with van der Waals surface area (Å²) in [5.41, 5.74) is 2.13. The van der Waals surface area contributed by atoms with Crippen LogP contribution >= 0.6 is 0 Å². The van der Waals surface area contributed by atoms with E-state index in [1.165, 1.54) is 6.92 Å². The molecule has 1 aliphatic heterocycles. The molecule has 0 bridgehead atoms. The number of piperidine rings is 1. The molecule has 0 saturated carbocycles. The first-order valence-electron chi connectivity index (χ1n) is 12.3. The second-order valence-corrected chi connectivity index (χ2v) is 9.79. The zero-order valence-corrected chi connectivity index (χ0v) is 21.6. The van der Waals surface area contributed by atoms with Gasteiger partial charge in [-0.2, -0.15) is 31.4 Å². The lowest BCUT2D eigenvalue weighted by molar-refractivity contribution is -0.143. The number of methoxy groups -OCH3 is 1. The number of hydrogen-bond acceptors (Lipinski definition) is 5. The van der Waals surface area contributed by atoms with Gasteiger partial charge in [-0.25, -0.2) is 0 Å². The Morgan fingerprint density at radius 1 is 0.974 bits per heavy atom. The van der Waals surface area contributed by atoms with Gasteiger partial charge in [0.2, 0.25) is 0 Å². The molecule has 0 aromatic heterocycles. The number of rotatable bonds is 10. The van der Waals surface area contributed by atoms with Crippen LogP contribution in [0.15, 0.2) is 58.7 Å². The summed E-state index contributed by atoms with van der Waals surface area (Å²) in [6.45, 7) is 2.39. The zero-order valence-electron chi connectivity index (χ0n) is 21.6. The van der Waals surface area contributed by atoms with Gasteiger partial charge in [-0.15, -0.1) is 5.10 Å². The molecule has 6 nitrogen and oxygen atoms in total. The monoisotopic (exact) mass is 558 g/mol. The molecule has 0 unspecified atom stereocenters. The smallest absolute Gasteiger partial charge is 0.388 e. The topological polar surface area (TPSA) is 81.2 Å². The summed E-state index contributed by atoms with van der Waals surface area (Å²) in [6.07, 6.45) is -6.37. The minimum Gasteiger partial charge on any atom is -0.388 e. The molecule has 12 heteroatoms. The lowest BCUT2D eigenvalue weighted by Gasteiger charge is -2.47. The van der Waals surface area contributed by atoms with Crippen LogP contribution in [0.4, 0.5) is 26.3 Å². The summed E-state index contributed by atoms with van der Waals surface area (Å²) < 4.78 is 91.7. The second kappa shape index (κ2) is 12.5. The Morgan fingerprint density at radius 2 is 1.62 bits per heavy atom. The number of nitrogens with two attached hydrogens (primary N) is 1. The van der Waals surface area contributed by atoms with Crippen LogP contribution in [-0.2, 0) is 27.4 Å². The molecule has 3 N–H and O–H groups in total. The van der Waals surface area contributed by atoms with E-state index in [-0.39, 0.29) is 23.7 Å². The van der Waals surface area contributed by atoms with E-state index in [1.54, 1.807) is 13.3 Å². The molecule has 2 aromatic rings. The molecule has 1 fully saturated rings. The summed E-state index contributed by atoms with van der Waals surface area (Å²) in [5, 5.41) is 11.1. The first-order valence-corrected chi connectivity index (χ1v) is 12.3. The van der Waals surface area contributed by atoms with Gasteiger partial charge in [-0.05, 0) is 55.5 Å². The third kappa shape index (κ3) is 7.80. The largest absolute Gasteiger partial charge is 0.416 e. The fraction of sp³-hybridized carbons (Fsp3) is 0.481. The molecule has 2 aromatic carbocycles. The average molecular weight is 559 g/mol. The van der Waals surface area contributed by atoms with Crippen LogP contribution in [0.3, 0.4) is 0 Å². The first kappa shape index (κ1) is 30.6. The summed E-state index contributed by atoms with van der Waals surface area (Å²) in [4.78, 5) is 0. The SMILES string of the molecule is COC[C@@]1(C/C=N\N=C/N)CC[C@@](CO[C@H](C)c2cc(C(F)(F)F)cc(C(F)(F)F)c2)(c2ccccc2)NC1. The minimum absolute atomic E-state index is 0.0182. The van der Waals surface area contributed by atoms with E-state index in [0.29, 0.717) is 44.5 Å². The molecular weight excluding hydrogens is 526 g/mol. The summed E-state index contributed by atoms with van der Waals surface area (Å²) in [7, 11) is 1.60. The highest BCUT2D eigenvalue weighted by Gasteiger charge is 2.44. The predicted octanol–water partition coefficient (Wildman–Crippen LogP) is 6.08. The van der Waals surface area contributed by atoms with Gasteiger partial charge in [0.05, 0.1) is 36.0 Å². The Hall–Kier alpha value is -2.96. The number of ether oxygens (including phenoxy) is 2. The Morgan fingerprint density at radius 3 is 2.13 bits per heavy atom. The van der Waals surface area contributed by atoms with Gasteiger partial charge in [0.1, 0.15) is 6.34 Å². The summed E-state index contributed by atoms with van der Waals surface area (Å²) >= 11 is 0. The molecule has 3 atom stereocenters. The Bertz CT molecular complexity index is 1100. The van der Waals surface area contributed by atoms with E-state index >= 15 is 0 Å². The van der Waals surface area contributed by atoms with Crippen molar-refractivity contribution in [3.63, 3.8) is 0 Å². The molecule has 1 heterocycles. The van der Waals surface area contributed by atoms with Crippen LogP contribution in [-0.4, -0.2) is 39.4 Å². The van der Waals surface area contributed by atoms with E-state index in [1.807, 2.05) is 30.3 Å². The van der Waals surface area contributed by atoms with Crippen LogP contribution in [0.25, 0.3) is 0 Å². The standard InChI is InChI=1S/C27H32F6N4O2/c1-19(20-12-22(26(28,29)30)14-23(13-20)27(31,32)33)39-17-25(21-6-4-3-5-7-21)9-8-24(15-35-25,16-38-2)10-11-36-37-18-34/h3-7,11-14,18-19,35H,8-10,15-17H2,1-2H3,(H2,34,37)/b36-11-/t19-,24-,25-/m1/s1. The fourth-order valence-corrected chi connectivity index (χ4v) is 4.78. The lowest BCUT2D eigenvalue weighted by Crippen LogP contribution is -2.56. The molecule has 0 amide bonds. The van der Waals surface area contributed by atoms with E-state index in [9.17, 15) is 26.3 Å². The average Bonchev–Trinajstić information content (AvgIpc) is 2.90. The molecular formula is C27H32F6N4O2. The molecule has 1 saturated heterocycles. The second-order valence-electron chi connectivity index (χ2n) is 9.79. The van der Waals surface area contributed by atoms with E-state index < -0.39 is 35.1 Å². The van der Waals surface area contributed by atoms with Crippen molar-refractivity contribution < 1.29 is 35.8 Å². The fourth-order valence-electron chi connectivity index (χ4n) is 4.78. The number of benzene rings is 2. The molecule has 0 spiro atoms. The number of hydrogen-bond donors (Lipinski definition) is 2. The van der Waals surface area contributed by atoms with Crippen molar-refractivity contribution in [2.45, 2.75) is 50.2 Å². The van der Waals surface area contributed by atoms with E-state index in [0.717, 1.165) is 11.9 Å². The van der Waals surface area contributed by atoms with Crippen molar-refractivity contribution in [2.75, 3.05) is 26.9 Å². The Kier molecular flexibility index (Phi) is 9.78. The number of alkyl halides is 6. The van der Waals surface area contributed by atoms with E-state index in [2.05, 4.69) is 15.5 Å². The van der Waals surface area contributed by atoms with Gasteiger partial charge >= 0.3 is 12.4 Å². The Balaban J connectivity index is 1.86. The highest BCUT2D eigenvalue weighted by molar-refractivity contribution is 5.60. The Labute approximate surface area is 223 Å². The van der Waals surface area contributed by atoms with Crippen LogP contribution in [0.1, 0.15) is 54.5 Å². The molecule has 3 rings (SSSR count). The normalized spacial score (nSPS) is 23.5. The molecule has 1 aliphatic rings. The number of nitrogens with one attached hydrogen (secondary N) is 1. The van der Waals surface area contributed by atoms with Crippen LogP contribution in [0, 0.1) is 5.41 Å². The molecule has 39 heavy (non-hydrogen) atoms. The van der Waals surface area contributed by atoms with Crippen LogP contribution < -0.4 is 11.1 Å². The van der Waals surface area contributed by atoms with Crippen molar-refractivity contribution in [1.82, 2.24) is 5.32 Å². The third-order valence-electron chi connectivity index (χ3n) is 7.06. The van der Waals surface area contributed by atoms with Gasteiger partial charge in [0.15, 0.2) is 0 Å². The van der Waals surface area contributed by atoms with Gasteiger partial charge in [-0.1, -0.05) is 30.3 Å². The van der Waals surface area contributed by atoms with Gasteiger partial charge < -0.3 is 20.5 Å². The maximum Gasteiger partial charge on any atom is 0.416 e. The molecule has 0 aliphatic carbocycles. The zero-order chi connectivity index (χ0) is 28.7. The molecule has 0 radical (unpaired) electrons. The first-order chi connectivity index (χ1) is 18.3. The van der Waals surface area contributed by atoms with Gasteiger partial charge in [-0.3, -0.25) is 0 Å². The minimum atomic E-state index is -4.94. The summed E-state index contributed by atoms with van der Waals surface area (Å²) in [6, 6.07) is 10.9. The maximum atomic E-state index is 13.4. The number of halogens is 6. The van der Waals surface area contributed by atoms with Crippen molar-refractivity contribution in [1.29, 1.82) is 0 Å². The third-order valence-corrected chi connectivity index (χ3v) is 7.06.